The van der Waals surface area contributed by atoms with Crippen molar-refractivity contribution in [2.75, 3.05) is 0 Å². The quantitative estimate of drug-likeness (QED) is 0.720. The van der Waals surface area contributed by atoms with Gasteiger partial charge in [-0.05, 0) is 36.0 Å². The smallest absolute Gasteiger partial charge is 0.0594 e. The molecule has 1 aliphatic rings. The van der Waals surface area contributed by atoms with Gasteiger partial charge in [-0.1, -0.05) is 41.0 Å². The number of hydrogen-bond donors (Lipinski definition) is 1. The van der Waals surface area contributed by atoms with Crippen LogP contribution in [0.5, 0.6) is 0 Å². The molecular formula is C13H26O. The second-order valence-electron chi connectivity index (χ2n) is 5.97. The zero-order valence-electron chi connectivity index (χ0n) is 10.4. The molecule has 0 spiro atoms. The summed E-state index contributed by atoms with van der Waals surface area (Å²) in [7, 11) is 0. The van der Waals surface area contributed by atoms with Gasteiger partial charge in [-0.25, -0.2) is 0 Å². The molecule has 0 aliphatic heterocycles. The van der Waals surface area contributed by atoms with Crippen LogP contribution in [0.25, 0.3) is 0 Å². The summed E-state index contributed by atoms with van der Waals surface area (Å²) in [4.78, 5) is 0. The molecule has 1 aliphatic carbocycles. The van der Waals surface area contributed by atoms with Crippen molar-refractivity contribution in [2.24, 2.45) is 23.2 Å². The Morgan fingerprint density at radius 3 is 2.50 bits per heavy atom. The van der Waals surface area contributed by atoms with Gasteiger partial charge in [0.2, 0.25) is 0 Å². The van der Waals surface area contributed by atoms with Crippen LogP contribution in [0.1, 0.15) is 53.9 Å². The lowest BCUT2D eigenvalue weighted by atomic mass is 9.63. The summed E-state index contributed by atoms with van der Waals surface area (Å²) in [6.07, 6.45) is 3.31. The van der Waals surface area contributed by atoms with Gasteiger partial charge >= 0.3 is 0 Å². The number of rotatable bonds is 2. The van der Waals surface area contributed by atoms with E-state index < -0.39 is 0 Å². The van der Waals surface area contributed by atoms with Gasteiger partial charge in [-0.2, -0.15) is 0 Å². The van der Waals surface area contributed by atoms with Gasteiger partial charge in [-0.3, -0.25) is 0 Å². The Kier molecular flexibility index (Phi) is 3.63. The van der Waals surface area contributed by atoms with Crippen molar-refractivity contribution >= 4 is 0 Å². The fourth-order valence-electron chi connectivity index (χ4n) is 3.02. The van der Waals surface area contributed by atoms with Gasteiger partial charge in [0.15, 0.2) is 0 Å². The number of aliphatic hydroxyl groups excluding tert-OH is 1. The number of hydrogen-bond acceptors (Lipinski definition) is 1. The monoisotopic (exact) mass is 198 g/mol. The zero-order chi connectivity index (χ0) is 10.9. The van der Waals surface area contributed by atoms with E-state index in [1.807, 2.05) is 0 Å². The first-order valence-corrected chi connectivity index (χ1v) is 6.06. The third-order valence-electron chi connectivity index (χ3n) is 4.35. The molecule has 84 valence electrons. The van der Waals surface area contributed by atoms with Crippen LogP contribution in [0.4, 0.5) is 0 Å². The second kappa shape index (κ2) is 4.22. The molecule has 0 bridgehead atoms. The average molecular weight is 198 g/mol. The molecule has 4 atom stereocenters. The molecule has 0 aromatic rings. The lowest BCUT2D eigenvalue weighted by Crippen LogP contribution is -2.42. The van der Waals surface area contributed by atoms with Crippen LogP contribution in [0, 0.1) is 23.2 Å². The van der Waals surface area contributed by atoms with E-state index in [1.54, 1.807) is 0 Å². The predicted molar refractivity (Wildman–Crippen MR) is 61.1 cm³/mol. The molecular weight excluding hydrogens is 172 g/mol. The van der Waals surface area contributed by atoms with E-state index in [-0.39, 0.29) is 11.5 Å². The molecule has 1 heteroatoms. The first kappa shape index (κ1) is 12.0. The van der Waals surface area contributed by atoms with Crippen molar-refractivity contribution in [3.05, 3.63) is 0 Å². The Balaban J connectivity index is 2.67. The fraction of sp³-hybridized carbons (Fsp3) is 1.00. The molecule has 0 saturated heterocycles. The molecule has 0 radical (unpaired) electrons. The molecule has 0 amide bonds. The first-order chi connectivity index (χ1) is 6.38. The van der Waals surface area contributed by atoms with Gasteiger partial charge < -0.3 is 5.11 Å². The molecule has 1 nitrogen and oxygen atoms in total. The molecule has 14 heavy (non-hydrogen) atoms. The van der Waals surface area contributed by atoms with Crippen LogP contribution in [0.15, 0.2) is 0 Å². The van der Waals surface area contributed by atoms with Crippen LogP contribution in [-0.2, 0) is 0 Å². The Labute approximate surface area is 88.9 Å². The van der Waals surface area contributed by atoms with Crippen molar-refractivity contribution in [3.63, 3.8) is 0 Å². The molecule has 1 fully saturated rings. The Hall–Kier alpha value is -0.0400. The Morgan fingerprint density at radius 2 is 2.00 bits per heavy atom. The molecule has 1 rings (SSSR count). The average Bonchev–Trinajstić information content (AvgIpc) is 2.09. The lowest BCUT2D eigenvalue weighted by molar-refractivity contribution is -0.0444. The fourth-order valence-corrected chi connectivity index (χ4v) is 3.02. The van der Waals surface area contributed by atoms with Gasteiger partial charge in [0.05, 0.1) is 6.10 Å². The minimum atomic E-state index is -0.0994. The van der Waals surface area contributed by atoms with Crippen molar-refractivity contribution in [3.8, 4) is 0 Å². The zero-order valence-corrected chi connectivity index (χ0v) is 10.4. The maximum Gasteiger partial charge on any atom is 0.0594 e. The Morgan fingerprint density at radius 1 is 1.43 bits per heavy atom. The maximum atomic E-state index is 10.1. The van der Waals surface area contributed by atoms with Crippen molar-refractivity contribution in [1.82, 2.24) is 0 Å². The van der Waals surface area contributed by atoms with E-state index in [2.05, 4.69) is 34.6 Å². The summed E-state index contributed by atoms with van der Waals surface area (Å²) < 4.78 is 0. The van der Waals surface area contributed by atoms with Crippen LogP contribution in [0.3, 0.4) is 0 Å². The standard InChI is InChI=1S/C13H26O/c1-6-9(2)11-7-12(14)13(4,5)8-10(11)3/h9-12,14H,6-8H2,1-5H3. The summed E-state index contributed by atoms with van der Waals surface area (Å²) in [6.45, 7) is 11.3. The first-order valence-electron chi connectivity index (χ1n) is 6.06. The maximum absolute atomic E-state index is 10.1. The molecule has 0 heterocycles. The normalized spacial score (nSPS) is 39.4. The van der Waals surface area contributed by atoms with Crippen LogP contribution < -0.4 is 0 Å². The minimum absolute atomic E-state index is 0.0994. The highest BCUT2D eigenvalue weighted by molar-refractivity contribution is 4.90. The van der Waals surface area contributed by atoms with E-state index >= 15 is 0 Å². The molecule has 1 saturated carbocycles. The molecule has 0 aromatic carbocycles. The van der Waals surface area contributed by atoms with E-state index in [4.69, 9.17) is 0 Å². The topological polar surface area (TPSA) is 20.2 Å². The highest BCUT2D eigenvalue weighted by atomic mass is 16.3. The summed E-state index contributed by atoms with van der Waals surface area (Å²) in [5, 5.41) is 10.1. The second-order valence-corrected chi connectivity index (χ2v) is 5.97. The summed E-state index contributed by atoms with van der Waals surface area (Å²) in [5.74, 6) is 2.25. The third-order valence-corrected chi connectivity index (χ3v) is 4.35. The lowest BCUT2D eigenvalue weighted by Gasteiger charge is -2.45. The van der Waals surface area contributed by atoms with Gasteiger partial charge in [0, 0.05) is 0 Å². The van der Waals surface area contributed by atoms with Crippen LogP contribution in [-0.4, -0.2) is 11.2 Å². The highest BCUT2D eigenvalue weighted by Crippen LogP contribution is 2.45. The third kappa shape index (κ3) is 2.31. The number of aliphatic hydroxyl groups is 1. The van der Waals surface area contributed by atoms with Crippen LogP contribution >= 0.6 is 0 Å². The van der Waals surface area contributed by atoms with Crippen molar-refractivity contribution in [2.45, 2.75) is 60.0 Å². The van der Waals surface area contributed by atoms with Crippen molar-refractivity contribution < 1.29 is 5.11 Å². The van der Waals surface area contributed by atoms with E-state index in [0.717, 1.165) is 24.2 Å². The summed E-state index contributed by atoms with van der Waals surface area (Å²) in [6, 6.07) is 0. The highest BCUT2D eigenvalue weighted by Gasteiger charge is 2.40. The molecule has 1 N–H and O–H groups in total. The van der Waals surface area contributed by atoms with E-state index in [0.29, 0.717) is 0 Å². The SMILES string of the molecule is CCC(C)C1CC(O)C(C)(C)CC1C. The molecule has 0 aromatic heterocycles. The van der Waals surface area contributed by atoms with Gasteiger partial charge in [-0.15, -0.1) is 0 Å². The predicted octanol–water partition coefficient (Wildman–Crippen LogP) is 3.47. The summed E-state index contributed by atoms with van der Waals surface area (Å²) >= 11 is 0. The molecule has 4 unspecified atom stereocenters. The largest absolute Gasteiger partial charge is 0.393 e. The summed E-state index contributed by atoms with van der Waals surface area (Å²) in [5.41, 5.74) is 0.128. The Bertz CT molecular complexity index is 186. The van der Waals surface area contributed by atoms with Crippen LogP contribution in [0.2, 0.25) is 0 Å². The van der Waals surface area contributed by atoms with E-state index in [1.165, 1.54) is 12.8 Å². The van der Waals surface area contributed by atoms with Crippen molar-refractivity contribution in [1.29, 1.82) is 0 Å². The van der Waals surface area contributed by atoms with Gasteiger partial charge in [0.1, 0.15) is 0 Å². The van der Waals surface area contributed by atoms with Gasteiger partial charge in [0.25, 0.3) is 0 Å². The van der Waals surface area contributed by atoms with E-state index in [9.17, 15) is 5.11 Å². The minimum Gasteiger partial charge on any atom is -0.393 e.